The molecule has 0 aromatic carbocycles. The number of nitriles is 1. The van der Waals surface area contributed by atoms with Gasteiger partial charge >= 0.3 is 6.09 Å². The lowest BCUT2D eigenvalue weighted by Crippen LogP contribution is -2.50. The predicted molar refractivity (Wildman–Crippen MR) is 75.8 cm³/mol. The minimum absolute atomic E-state index is 0.0817. The number of likely N-dealkylation sites (N-methyl/N-ethyl adjacent to an activating group) is 1. The number of alkyl carbamates (subject to hydrolysis) is 1. The molecule has 0 saturated carbocycles. The first-order valence-corrected chi connectivity index (χ1v) is 8.48. The fourth-order valence-electron chi connectivity index (χ4n) is 1.37. The van der Waals surface area contributed by atoms with E-state index in [9.17, 15) is 18.0 Å². The van der Waals surface area contributed by atoms with Gasteiger partial charge in [-0.3, -0.25) is 4.79 Å². The number of hydrogen-bond donors (Lipinski definition) is 1. The van der Waals surface area contributed by atoms with E-state index in [-0.39, 0.29) is 19.1 Å². The number of carbonyl (C=O) groups is 2. The molecule has 0 spiro atoms. The highest BCUT2D eigenvalue weighted by Gasteiger charge is 2.29. The van der Waals surface area contributed by atoms with Crippen LogP contribution in [0.5, 0.6) is 0 Å². The van der Waals surface area contributed by atoms with Crippen LogP contribution < -0.4 is 5.32 Å². The zero-order chi connectivity index (χ0) is 16.6. The number of nitrogens with one attached hydrogen (secondary N) is 1. The van der Waals surface area contributed by atoms with Gasteiger partial charge < -0.3 is 10.1 Å². The van der Waals surface area contributed by atoms with Crippen LogP contribution in [0, 0.1) is 17.4 Å². The Balaban J connectivity index is 4.95. The lowest BCUT2D eigenvalue weighted by Gasteiger charge is -2.21. The molecular formula is C12H21N3O5S. The molecule has 0 heterocycles. The molecule has 1 N–H and O–H groups in total. The highest BCUT2D eigenvalue weighted by atomic mass is 32.2. The molecule has 0 aliphatic heterocycles. The Morgan fingerprint density at radius 3 is 2.33 bits per heavy atom. The van der Waals surface area contributed by atoms with Crippen molar-refractivity contribution in [3.05, 3.63) is 0 Å². The summed E-state index contributed by atoms with van der Waals surface area (Å²) >= 11 is 0. The lowest BCUT2D eigenvalue weighted by atomic mass is 10.2. The van der Waals surface area contributed by atoms with Crippen LogP contribution in [0.4, 0.5) is 4.79 Å². The van der Waals surface area contributed by atoms with Crippen LogP contribution in [-0.2, 0) is 19.4 Å². The number of amides is 2. The second kappa shape index (κ2) is 8.46. The fourth-order valence-corrected chi connectivity index (χ4v) is 2.20. The van der Waals surface area contributed by atoms with Crippen molar-refractivity contribution in [1.82, 2.24) is 10.2 Å². The third kappa shape index (κ3) is 8.14. The molecule has 120 valence electrons. The SMILES string of the molecule is CCN(C#N)C(=O)C(CS(C)(=O)=O)NC(=O)OCC(C)C. The maximum atomic E-state index is 12.0. The van der Waals surface area contributed by atoms with Crippen molar-refractivity contribution < 1.29 is 22.7 Å². The molecular weight excluding hydrogens is 298 g/mol. The fraction of sp³-hybridized carbons (Fsp3) is 0.750. The minimum atomic E-state index is -3.52. The minimum Gasteiger partial charge on any atom is -0.449 e. The normalized spacial score (nSPS) is 12.4. The Morgan fingerprint density at radius 1 is 1.38 bits per heavy atom. The van der Waals surface area contributed by atoms with Gasteiger partial charge in [0.15, 0.2) is 6.19 Å². The highest BCUT2D eigenvalue weighted by Crippen LogP contribution is 2.00. The quantitative estimate of drug-likeness (QED) is 0.526. The first kappa shape index (κ1) is 19.2. The molecule has 1 unspecified atom stereocenters. The smallest absolute Gasteiger partial charge is 0.407 e. The molecule has 0 aliphatic carbocycles. The van der Waals surface area contributed by atoms with Crippen molar-refractivity contribution in [2.24, 2.45) is 5.92 Å². The largest absolute Gasteiger partial charge is 0.449 e. The molecule has 0 radical (unpaired) electrons. The number of nitrogens with zero attached hydrogens (tertiary/aromatic N) is 2. The van der Waals surface area contributed by atoms with Crippen molar-refractivity contribution in [1.29, 1.82) is 5.26 Å². The van der Waals surface area contributed by atoms with Gasteiger partial charge in [-0.05, 0) is 12.8 Å². The predicted octanol–water partition coefficient (Wildman–Crippen LogP) is 0.111. The molecule has 2 amide bonds. The zero-order valence-corrected chi connectivity index (χ0v) is 13.4. The summed E-state index contributed by atoms with van der Waals surface area (Å²) in [5.74, 6) is -1.28. The Hall–Kier alpha value is -1.82. The van der Waals surface area contributed by atoms with Crippen LogP contribution in [-0.4, -0.2) is 56.5 Å². The number of hydrogen-bond acceptors (Lipinski definition) is 6. The molecule has 21 heavy (non-hydrogen) atoms. The van der Waals surface area contributed by atoms with Gasteiger partial charge in [-0.1, -0.05) is 13.8 Å². The zero-order valence-electron chi connectivity index (χ0n) is 12.6. The van der Waals surface area contributed by atoms with Crippen molar-refractivity contribution >= 4 is 21.8 Å². The number of carbonyl (C=O) groups excluding carboxylic acids is 2. The van der Waals surface area contributed by atoms with Crippen LogP contribution in [0.25, 0.3) is 0 Å². The van der Waals surface area contributed by atoms with Gasteiger partial charge in [0.05, 0.1) is 12.4 Å². The van der Waals surface area contributed by atoms with E-state index < -0.39 is 33.6 Å². The van der Waals surface area contributed by atoms with Crippen molar-refractivity contribution in [2.75, 3.05) is 25.2 Å². The van der Waals surface area contributed by atoms with E-state index in [1.807, 2.05) is 13.8 Å². The van der Waals surface area contributed by atoms with E-state index in [1.165, 1.54) is 0 Å². The van der Waals surface area contributed by atoms with Crippen LogP contribution in [0.15, 0.2) is 0 Å². The van der Waals surface area contributed by atoms with Gasteiger partial charge in [-0.15, -0.1) is 0 Å². The Morgan fingerprint density at radius 2 is 1.95 bits per heavy atom. The van der Waals surface area contributed by atoms with E-state index in [0.717, 1.165) is 11.2 Å². The van der Waals surface area contributed by atoms with E-state index in [0.29, 0.717) is 0 Å². The molecule has 1 atom stereocenters. The molecule has 8 nitrogen and oxygen atoms in total. The van der Waals surface area contributed by atoms with E-state index >= 15 is 0 Å². The Labute approximate surface area is 125 Å². The van der Waals surface area contributed by atoms with Gasteiger partial charge in [0.1, 0.15) is 15.9 Å². The topological polar surface area (TPSA) is 117 Å². The molecule has 9 heteroatoms. The summed E-state index contributed by atoms with van der Waals surface area (Å²) in [6.45, 7) is 5.46. The number of ether oxygens (including phenoxy) is 1. The summed E-state index contributed by atoms with van der Waals surface area (Å²) in [5, 5.41) is 11.0. The van der Waals surface area contributed by atoms with Crippen LogP contribution in [0.1, 0.15) is 20.8 Å². The summed E-state index contributed by atoms with van der Waals surface area (Å²) in [6, 6.07) is -1.35. The third-order valence-electron chi connectivity index (χ3n) is 2.31. The van der Waals surface area contributed by atoms with Gasteiger partial charge in [0.25, 0.3) is 5.91 Å². The summed E-state index contributed by atoms with van der Waals surface area (Å²) in [7, 11) is -3.52. The molecule has 0 aliphatic rings. The lowest BCUT2D eigenvalue weighted by molar-refractivity contribution is -0.129. The third-order valence-corrected chi connectivity index (χ3v) is 3.25. The molecule has 0 rings (SSSR count). The second-order valence-corrected chi connectivity index (χ2v) is 7.15. The van der Waals surface area contributed by atoms with Gasteiger partial charge in [-0.2, -0.15) is 5.26 Å². The molecule has 0 bridgehead atoms. The van der Waals surface area contributed by atoms with Gasteiger partial charge in [0.2, 0.25) is 0 Å². The first-order chi connectivity index (χ1) is 9.60. The molecule has 0 aromatic heterocycles. The summed E-state index contributed by atoms with van der Waals surface area (Å²) in [4.78, 5) is 24.4. The summed E-state index contributed by atoms with van der Waals surface area (Å²) < 4.78 is 27.5. The van der Waals surface area contributed by atoms with Crippen LogP contribution >= 0.6 is 0 Å². The Kier molecular flexibility index (Phi) is 7.73. The first-order valence-electron chi connectivity index (χ1n) is 6.42. The van der Waals surface area contributed by atoms with Gasteiger partial charge in [-0.25, -0.2) is 18.1 Å². The van der Waals surface area contributed by atoms with Crippen LogP contribution in [0.3, 0.4) is 0 Å². The van der Waals surface area contributed by atoms with Crippen molar-refractivity contribution in [3.8, 4) is 6.19 Å². The number of rotatable bonds is 7. The summed E-state index contributed by atoms with van der Waals surface area (Å²) in [5.41, 5.74) is 0. The van der Waals surface area contributed by atoms with Gasteiger partial charge in [0, 0.05) is 12.8 Å². The van der Waals surface area contributed by atoms with Crippen molar-refractivity contribution in [2.45, 2.75) is 26.8 Å². The van der Waals surface area contributed by atoms with Crippen LogP contribution in [0.2, 0.25) is 0 Å². The van der Waals surface area contributed by atoms with E-state index in [2.05, 4.69) is 5.32 Å². The second-order valence-electron chi connectivity index (χ2n) is 4.96. The monoisotopic (exact) mass is 319 g/mol. The molecule has 0 aromatic rings. The molecule has 0 fully saturated rings. The highest BCUT2D eigenvalue weighted by molar-refractivity contribution is 7.90. The van der Waals surface area contributed by atoms with E-state index in [4.69, 9.17) is 10.00 Å². The number of sulfone groups is 1. The summed E-state index contributed by atoms with van der Waals surface area (Å²) in [6.07, 6.45) is 1.69. The Bertz CT molecular complexity index is 509. The maximum absolute atomic E-state index is 12.0. The van der Waals surface area contributed by atoms with Crippen molar-refractivity contribution in [3.63, 3.8) is 0 Å². The molecule has 0 saturated heterocycles. The maximum Gasteiger partial charge on any atom is 0.407 e. The standard InChI is InChI=1S/C12H21N3O5S/c1-5-15(8-13)11(16)10(7-21(4,18)19)14-12(17)20-6-9(2)3/h9-10H,5-7H2,1-4H3,(H,14,17). The van der Waals surface area contributed by atoms with E-state index in [1.54, 1.807) is 13.1 Å². The average Bonchev–Trinajstić information content (AvgIpc) is 2.35. The average molecular weight is 319 g/mol.